The van der Waals surface area contributed by atoms with Gasteiger partial charge in [0.1, 0.15) is 5.75 Å². The van der Waals surface area contributed by atoms with Gasteiger partial charge < -0.3 is 10.1 Å². The van der Waals surface area contributed by atoms with Gasteiger partial charge in [-0.05, 0) is 48.9 Å². The van der Waals surface area contributed by atoms with Crippen LogP contribution in [-0.4, -0.2) is 27.0 Å². The van der Waals surface area contributed by atoms with Crippen LogP contribution in [0.15, 0.2) is 77.7 Å². The summed E-state index contributed by atoms with van der Waals surface area (Å²) in [4.78, 5) is 12.9. The van der Waals surface area contributed by atoms with E-state index >= 15 is 0 Å². The van der Waals surface area contributed by atoms with E-state index in [1.54, 1.807) is 24.3 Å². The van der Waals surface area contributed by atoms with Crippen LogP contribution < -0.4 is 14.4 Å². The van der Waals surface area contributed by atoms with E-state index in [4.69, 9.17) is 16.3 Å². The van der Waals surface area contributed by atoms with Crippen LogP contribution in [0.3, 0.4) is 0 Å². The highest BCUT2D eigenvalue weighted by molar-refractivity contribution is 7.92. The summed E-state index contributed by atoms with van der Waals surface area (Å²) in [7, 11) is -3.92. The summed E-state index contributed by atoms with van der Waals surface area (Å²) in [5.74, 6) is -0.0469. The number of ether oxygens (including phenoxy) is 1. The van der Waals surface area contributed by atoms with Gasteiger partial charge in [-0.15, -0.1) is 0 Å². The minimum absolute atomic E-state index is 0.0903. The molecule has 1 unspecified atom stereocenters. The molecule has 6 nitrogen and oxygen atoms in total. The van der Waals surface area contributed by atoms with Crippen molar-refractivity contribution in [3.8, 4) is 5.75 Å². The molecule has 3 aromatic rings. The second kappa shape index (κ2) is 8.61. The quantitative estimate of drug-likeness (QED) is 0.631. The van der Waals surface area contributed by atoms with Crippen molar-refractivity contribution in [3.05, 3.63) is 88.9 Å². The third-order valence-electron chi connectivity index (χ3n) is 4.98. The Kier molecular flexibility index (Phi) is 5.89. The highest BCUT2D eigenvalue weighted by atomic mass is 35.5. The lowest BCUT2D eigenvalue weighted by molar-refractivity contribution is -0.127. The Bertz CT molecular complexity index is 1210. The molecule has 1 aliphatic heterocycles. The average Bonchev–Trinajstić information content (AvgIpc) is 2.77. The number of para-hydroxylation sites is 2. The summed E-state index contributed by atoms with van der Waals surface area (Å²) in [6, 6.07) is 20.5. The zero-order valence-electron chi connectivity index (χ0n) is 16.8. The fourth-order valence-electron chi connectivity index (χ4n) is 3.43. The minimum atomic E-state index is -3.92. The third-order valence-corrected chi connectivity index (χ3v) is 7.02. The molecule has 1 amide bonds. The molecule has 0 saturated carbocycles. The van der Waals surface area contributed by atoms with Gasteiger partial charge in [0.2, 0.25) is 0 Å². The number of benzene rings is 3. The van der Waals surface area contributed by atoms with Crippen molar-refractivity contribution >= 4 is 33.2 Å². The second-order valence-electron chi connectivity index (χ2n) is 7.27. The van der Waals surface area contributed by atoms with Gasteiger partial charge in [0, 0.05) is 11.6 Å². The lowest BCUT2D eigenvalue weighted by Crippen LogP contribution is -2.50. The van der Waals surface area contributed by atoms with Crippen LogP contribution in [0.2, 0.25) is 5.02 Å². The summed E-state index contributed by atoms with van der Waals surface area (Å²) in [6.45, 7) is 2.17. The van der Waals surface area contributed by atoms with Crippen molar-refractivity contribution in [2.24, 2.45) is 0 Å². The molecule has 0 radical (unpaired) electrons. The van der Waals surface area contributed by atoms with Gasteiger partial charge >= 0.3 is 0 Å². The molecular weight excluding hydrogens is 436 g/mol. The molecule has 31 heavy (non-hydrogen) atoms. The molecule has 0 spiro atoms. The Morgan fingerprint density at radius 3 is 2.58 bits per heavy atom. The predicted molar refractivity (Wildman–Crippen MR) is 120 cm³/mol. The van der Waals surface area contributed by atoms with Gasteiger partial charge in [-0.25, -0.2) is 8.42 Å². The average molecular weight is 457 g/mol. The molecule has 160 valence electrons. The van der Waals surface area contributed by atoms with E-state index in [1.165, 1.54) is 28.6 Å². The minimum Gasteiger partial charge on any atom is -0.476 e. The Morgan fingerprint density at radius 1 is 1.10 bits per heavy atom. The van der Waals surface area contributed by atoms with E-state index in [2.05, 4.69) is 5.32 Å². The number of rotatable bonds is 5. The lowest BCUT2D eigenvalue weighted by Gasteiger charge is -2.34. The van der Waals surface area contributed by atoms with E-state index < -0.39 is 16.1 Å². The van der Waals surface area contributed by atoms with Crippen molar-refractivity contribution in [1.29, 1.82) is 0 Å². The SMILES string of the molecule is Cc1cccc(CNC(=O)C2CN(S(=O)(=O)c3ccc(Cl)cc3)c3ccccc3O2)c1. The maximum atomic E-state index is 13.3. The number of aryl methyl sites for hydroxylation is 1. The number of fused-ring (bicyclic) bond motifs is 1. The van der Waals surface area contributed by atoms with Crippen molar-refractivity contribution in [3.63, 3.8) is 0 Å². The van der Waals surface area contributed by atoms with Crippen LogP contribution in [0, 0.1) is 6.92 Å². The van der Waals surface area contributed by atoms with E-state index in [-0.39, 0.29) is 17.3 Å². The van der Waals surface area contributed by atoms with Crippen molar-refractivity contribution < 1.29 is 17.9 Å². The van der Waals surface area contributed by atoms with E-state index in [0.717, 1.165) is 11.1 Å². The normalized spacial score (nSPS) is 15.7. The first-order chi connectivity index (χ1) is 14.8. The monoisotopic (exact) mass is 456 g/mol. The molecule has 1 heterocycles. The molecule has 1 N–H and O–H groups in total. The molecule has 8 heteroatoms. The van der Waals surface area contributed by atoms with Crippen LogP contribution in [0.4, 0.5) is 5.69 Å². The molecule has 4 rings (SSSR count). The largest absolute Gasteiger partial charge is 0.476 e. The standard InChI is InChI=1S/C23H21ClN2O4S/c1-16-5-4-6-17(13-16)14-25-23(27)22-15-26(20-7-2-3-8-21(20)30-22)31(28,29)19-11-9-18(24)10-12-19/h2-13,22H,14-15H2,1H3,(H,25,27). The number of nitrogens with zero attached hydrogens (tertiary/aromatic N) is 1. The van der Waals surface area contributed by atoms with Crippen LogP contribution in [0.5, 0.6) is 5.75 Å². The molecule has 0 fully saturated rings. The fraction of sp³-hybridized carbons (Fsp3) is 0.174. The Morgan fingerprint density at radius 2 is 1.84 bits per heavy atom. The molecule has 3 aromatic carbocycles. The summed E-state index contributed by atoms with van der Waals surface area (Å²) < 4.78 is 33.7. The lowest BCUT2D eigenvalue weighted by atomic mass is 10.1. The fourth-order valence-corrected chi connectivity index (χ4v) is 5.03. The molecule has 1 atom stereocenters. The van der Waals surface area contributed by atoms with Gasteiger partial charge in [0.05, 0.1) is 17.1 Å². The van der Waals surface area contributed by atoms with Gasteiger partial charge in [0.15, 0.2) is 6.10 Å². The van der Waals surface area contributed by atoms with Gasteiger partial charge in [-0.1, -0.05) is 53.6 Å². The zero-order chi connectivity index (χ0) is 22.0. The molecule has 0 aliphatic carbocycles. The number of hydrogen-bond acceptors (Lipinski definition) is 4. The van der Waals surface area contributed by atoms with Gasteiger partial charge in [0.25, 0.3) is 15.9 Å². The number of carbonyl (C=O) groups is 1. The Hall–Kier alpha value is -3.03. The molecular formula is C23H21ClN2O4S. The number of anilines is 1. The molecule has 0 aromatic heterocycles. The number of amides is 1. The third kappa shape index (κ3) is 4.52. The van der Waals surface area contributed by atoms with Crippen molar-refractivity contribution in [2.75, 3.05) is 10.8 Å². The number of carbonyl (C=O) groups excluding carboxylic acids is 1. The van der Waals surface area contributed by atoms with Crippen LogP contribution in [0.1, 0.15) is 11.1 Å². The first-order valence-corrected chi connectivity index (χ1v) is 11.5. The van der Waals surface area contributed by atoms with E-state index in [9.17, 15) is 13.2 Å². The van der Waals surface area contributed by atoms with Gasteiger partial charge in [-0.3, -0.25) is 9.10 Å². The number of hydrogen-bond donors (Lipinski definition) is 1. The smallest absolute Gasteiger partial charge is 0.264 e. The predicted octanol–water partition coefficient (Wildman–Crippen LogP) is 3.92. The maximum absolute atomic E-state index is 13.3. The summed E-state index contributed by atoms with van der Waals surface area (Å²) in [5.41, 5.74) is 2.44. The van der Waals surface area contributed by atoms with E-state index in [0.29, 0.717) is 23.0 Å². The second-order valence-corrected chi connectivity index (χ2v) is 9.57. The summed E-state index contributed by atoms with van der Waals surface area (Å²) in [6.07, 6.45) is -0.984. The Labute approximate surface area is 186 Å². The van der Waals surface area contributed by atoms with E-state index in [1.807, 2.05) is 31.2 Å². The first-order valence-electron chi connectivity index (χ1n) is 9.72. The van der Waals surface area contributed by atoms with Crippen LogP contribution in [0.25, 0.3) is 0 Å². The van der Waals surface area contributed by atoms with Crippen molar-refractivity contribution in [1.82, 2.24) is 5.32 Å². The zero-order valence-corrected chi connectivity index (χ0v) is 18.4. The number of halogens is 1. The number of nitrogens with one attached hydrogen (secondary N) is 1. The van der Waals surface area contributed by atoms with Gasteiger partial charge in [-0.2, -0.15) is 0 Å². The highest BCUT2D eigenvalue weighted by Gasteiger charge is 2.37. The van der Waals surface area contributed by atoms with Crippen LogP contribution >= 0.6 is 11.6 Å². The summed E-state index contributed by atoms with van der Waals surface area (Å²) >= 11 is 5.91. The number of sulfonamides is 1. The van der Waals surface area contributed by atoms with Crippen LogP contribution in [-0.2, 0) is 21.4 Å². The molecule has 0 saturated heterocycles. The topological polar surface area (TPSA) is 75.7 Å². The maximum Gasteiger partial charge on any atom is 0.264 e. The molecule has 1 aliphatic rings. The molecule has 0 bridgehead atoms. The van der Waals surface area contributed by atoms with Crippen molar-refractivity contribution in [2.45, 2.75) is 24.5 Å². The first kappa shape index (κ1) is 21.2. The Balaban J connectivity index is 1.59. The highest BCUT2D eigenvalue weighted by Crippen LogP contribution is 2.36. The summed E-state index contributed by atoms with van der Waals surface area (Å²) in [5, 5.41) is 3.28.